The molecule has 2 atom stereocenters. The van der Waals surface area contributed by atoms with E-state index in [4.69, 9.17) is 0 Å². The first kappa shape index (κ1) is 11.9. The predicted octanol–water partition coefficient (Wildman–Crippen LogP) is -0.268. The van der Waals surface area contributed by atoms with Gasteiger partial charge in [-0.25, -0.2) is 8.42 Å². The summed E-state index contributed by atoms with van der Waals surface area (Å²) in [6, 6.07) is -0.208. The van der Waals surface area contributed by atoms with Crippen LogP contribution in [0, 0.1) is 0 Å². The second kappa shape index (κ2) is 4.33. The van der Waals surface area contributed by atoms with Crippen LogP contribution in [0.2, 0.25) is 0 Å². The van der Waals surface area contributed by atoms with E-state index in [0.29, 0.717) is 13.1 Å². The van der Waals surface area contributed by atoms with Gasteiger partial charge < -0.3 is 4.90 Å². The fourth-order valence-electron chi connectivity index (χ4n) is 2.42. The summed E-state index contributed by atoms with van der Waals surface area (Å²) in [5, 5.41) is 3.14. The summed E-state index contributed by atoms with van der Waals surface area (Å²) in [5.41, 5.74) is 0. The van der Waals surface area contributed by atoms with Gasteiger partial charge in [-0.1, -0.05) is 13.3 Å². The lowest BCUT2D eigenvalue weighted by Crippen LogP contribution is -2.39. The molecule has 2 saturated heterocycles. The van der Waals surface area contributed by atoms with Crippen molar-refractivity contribution in [3.05, 3.63) is 0 Å². The maximum Gasteiger partial charge on any atom is 0.241 e. The SMILES string of the molecule is CCCC1NCN(C2CCS(=O)(=O)C2)C1=O. The van der Waals surface area contributed by atoms with Crippen LogP contribution in [-0.2, 0) is 14.6 Å². The zero-order chi connectivity index (χ0) is 11.8. The van der Waals surface area contributed by atoms with Crippen LogP contribution in [-0.4, -0.2) is 49.5 Å². The van der Waals surface area contributed by atoms with E-state index < -0.39 is 9.84 Å². The largest absolute Gasteiger partial charge is 0.325 e. The monoisotopic (exact) mass is 246 g/mol. The fraction of sp³-hybridized carbons (Fsp3) is 0.900. The van der Waals surface area contributed by atoms with Gasteiger partial charge in [0.05, 0.1) is 24.2 Å². The minimum atomic E-state index is -2.91. The number of sulfone groups is 1. The summed E-state index contributed by atoms with van der Waals surface area (Å²) in [6.45, 7) is 2.54. The first-order chi connectivity index (χ1) is 7.53. The van der Waals surface area contributed by atoms with Crippen LogP contribution in [0.3, 0.4) is 0 Å². The number of hydrogen-bond donors (Lipinski definition) is 1. The van der Waals surface area contributed by atoms with E-state index in [1.165, 1.54) is 0 Å². The molecule has 2 aliphatic heterocycles. The van der Waals surface area contributed by atoms with Crippen LogP contribution in [0.5, 0.6) is 0 Å². The maximum atomic E-state index is 12.0. The Morgan fingerprint density at radius 1 is 1.50 bits per heavy atom. The van der Waals surface area contributed by atoms with Crippen LogP contribution < -0.4 is 5.32 Å². The summed E-state index contributed by atoms with van der Waals surface area (Å²) in [5.74, 6) is 0.433. The van der Waals surface area contributed by atoms with E-state index in [0.717, 1.165) is 12.8 Å². The van der Waals surface area contributed by atoms with Crippen molar-refractivity contribution in [2.24, 2.45) is 0 Å². The van der Waals surface area contributed by atoms with Crippen molar-refractivity contribution in [1.29, 1.82) is 0 Å². The lowest BCUT2D eigenvalue weighted by molar-refractivity contribution is -0.130. The number of carbonyl (C=O) groups excluding carboxylic acids is 1. The minimum absolute atomic E-state index is 0.0731. The molecule has 0 radical (unpaired) electrons. The summed E-state index contributed by atoms with van der Waals surface area (Å²) in [6.07, 6.45) is 2.38. The number of carbonyl (C=O) groups is 1. The predicted molar refractivity (Wildman–Crippen MR) is 60.6 cm³/mol. The van der Waals surface area contributed by atoms with Crippen LogP contribution in [0.1, 0.15) is 26.2 Å². The van der Waals surface area contributed by atoms with Crippen molar-refractivity contribution in [3.8, 4) is 0 Å². The molecule has 0 spiro atoms. The second-order valence-electron chi connectivity index (χ2n) is 4.57. The molecule has 92 valence electrons. The summed E-state index contributed by atoms with van der Waals surface area (Å²) >= 11 is 0. The van der Waals surface area contributed by atoms with Crippen LogP contribution in [0.25, 0.3) is 0 Å². The zero-order valence-electron chi connectivity index (χ0n) is 9.48. The quantitative estimate of drug-likeness (QED) is 0.744. The van der Waals surface area contributed by atoms with Gasteiger partial charge in [-0.15, -0.1) is 0 Å². The summed E-state index contributed by atoms with van der Waals surface area (Å²) < 4.78 is 22.7. The molecular formula is C10H18N2O3S. The van der Waals surface area contributed by atoms with Crippen molar-refractivity contribution in [3.63, 3.8) is 0 Å². The highest BCUT2D eigenvalue weighted by Crippen LogP contribution is 2.21. The van der Waals surface area contributed by atoms with Gasteiger partial charge in [0.1, 0.15) is 0 Å². The summed E-state index contributed by atoms with van der Waals surface area (Å²) in [4.78, 5) is 13.7. The van der Waals surface area contributed by atoms with Crippen molar-refractivity contribution < 1.29 is 13.2 Å². The van der Waals surface area contributed by atoms with Gasteiger partial charge in [0, 0.05) is 6.04 Å². The molecule has 2 fully saturated rings. The molecule has 0 aromatic carbocycles. The molecule has 5 nitrogen and oxygen atoms in total. The van der Waals surface area contributed by atoms with Crippen molar-refractivity contribution in [1.82, 2.24) is 10.2 Å². The topological polar surface area (TPSA) is 66.5 Å². The van der Waals surface area contributed by atoms with E-state index in [1.807, 2.05) is 6.92 Å². The smallest absolute Gasteiger partial charge is 0.241 e. The molecule has 1 amide bonds. The molecule has 2 rings (SSSR count). The minimum Gasteiger partial charge on any atom is -0.325 e. The van der Waals surface area contributed by atoms with E-state index in [1.54, 1.807) is 4.90 Å². The molecule has 0 bridgehead atoms. The van der Waals surface area contributed by atoms with Crippen molar-refractivity contribution in [2.45, 2.75) is 38.3 Å². The Hall–Kier alpha value is -0.620. The molecule has 2 aliphatic rings. The Balaban J connectivity index is 2.00. The normalized spacial score (nSPS) is 33.6. The third kappa shape index (κ3) is 2.22. The lowest BCUT2D eigenvalue weighted by Gasteiger charge is -2.21. The fourth-order valence-corrected chi connectivity index (χ4v) is 4.15. The van der Waals surface area contributed by atoms with Crippen LogP contribution in [0.15, 0.2) is 0 Å². The van der Waals surface area contributed by atoms with Crippen molar-refractivity contribution in [2.75, 3.05) is 18.2 Å². The van der Waals surface area contributed by atoms with Crippen LogP contribution >= 0.6 is 0 Å². The van der Waals surface area contributed by atoms with Gasteiger partial charge in [-0.05, 0) is 12.8 Å². The van der Waals surface area contributed by atoms with E-state index >= 15 is 0 Å². The third-order valence-corrected chi connectivity index (χ3v) is 5.07. The average molecular weight is 246 g/mol. The molecule has 6 heteroatoms. The molecule has 0 aliphatic carbocycles. The van der Waals surface area contributed by atoms with Gasteiger partial charge in [0.25, 0.3) is 0 Å². The Bertz CT molecular complexity index is 380. The average Bonchev–Trinajstić information content (AvgIpc) is 2.72. The molecule has 0 aromatic rings. The highest BCUT2D eigenvalue weighted by molar-refractivity contribution is 7.91. The standard InChI is InChI=1S/C10H18N2O3S/c1-2-3-9-10(13)12(7-11-9)8-4-5-16(14,15)6-8/h8-9,11H,2-7H2,1H3. The number of nitrogens with one attached hydrogen (secondary N) is 1. The molecule has 0 aromatic heterocycles. The number of nitrogens with zero attached hydrogens (tertiary/aromatic N) is 1. The first-order valence-corrected chi connectivity index (χ1v) is 7.60. The Kier molecular flexibility index (Phi) is 3.21. The Labute approximate surface area is 96.1 Å². The lowest BCUT2D eigenvalue weighted by atomic mass is 10.1. The maximum absolute atomic E-state index is 12.0. The zero-order valence-corrected chi connectivity index (χ0v) is 10.3. The molecule has 1 N–H and O–H groups in total. The van der Waals surface area contributed by atoms with Gasteiger partial charge in [-0.2, -0.15) is 0 Å². The second-order valence-corrected chi connectivity index (χ2v) is 6.80. The summed E-state index contributed by atoms with van der Waals surface area (Å²) in [7, 11) is -2.91. The Morgan fingerprint density at radius 3 is 2.81 bits per heavy atom. The number of amides is 1. The van der Waals surface area contributed by atoms with Gasteiger partial charge in [0.2, 0.25) is 5.91 Å². The number of hydrogen-bond acceptors (Lipinski definition) is 4. The van der Waals surface area contributed by atoms with Crippen molar-refractivity contribution >= 4 is 15.7 Å². The van der Waals surface area contributed by atoms with E-state index in [9.17, 15) is 13.2 Å². The molecular weight excluding hydrogens is 228 g/mol. The number of rotatable bonds is 3. The van der Waals surface area contributed by atoms with Gasteiger partial charge >= 0.3 is 0 Å². The first-order valence-electron chi connectivity index (χ1n) is 5.78. The molecule has 2 unspecified atom stereocenters. The molecule has 16 heavy (non-hydrogen) atoms. The highest BCUT2D eigenvalue weighted by Gasteiger charge is 2.39. The molecule has 0 saturated carbocycles. The highest BCUT2D eigenvalue weighted by atomic mass is 32.2. The third-order valence-electron chi connectivity index (χ3n) is 3.32. The van der Waals surface area contributed by atoms with Gasteiger partial charge in [-0.3, -0.25) is 10.1 Å². The Morgan fingerprint density at radius 2 is 2.25 bits per heavy atom. The van der Waals surface area contributed by atoms with Gasteiger partial charge in [0.15, 0.2) is 9.84 Å². The van der Waals surface area contributed by atoms with Crippen LogP contribution in [0.4, 0.5) is 0 Å². The van der Waals surface area contributed by atoms with E-state index in [-0.39, 0.29) is 29.5 Å². The van der Waals surface area contributed by atoms with E-state index in [2.05, 4.69) is 5.32 Å². The molecule has 2 heterocycles.